The van der Waals surface area contributed by atoms with Crippen LogP contribution >= 0.6 is 0 Å². The van der Waals surface area contributed by atoms with E-state index in [2.05, 4.69) is 19.2 Å². The second-order valence-corrected chi connectivity index (χ2v) is 6.88. The number of nitrogens with zero attached hydrogens (tertiary/aromatic N) is 1. The average Bonchev–Trinajstić information content (AvgIpc) is 2.58. The van der Waals surface area contributed by atoms with E-state index in [1.807, 2.05) is 36.2 Å². The first kappa shape index (κ1) is 17.6. The SMILES string of the molecule is CC(C)COc1ccc(NCC(=O)N(C)C2CCCCC2)cc1. The minimum Gasteiger partial charge on any atom is -0.493 e. The van der Waals surface area contributed by atoms with Gasteiger partial charge in [0.2, 0.25) is 5.91 Å². The first-order valence-electron chi connectivity index (χ1n) is 8.78. The highest BCUT2D eigenvalue weighted by molar-refractivity contribution is 5.81. The van der Waals surface area contributed by atoms with Gasteiger partial charge in [0.05, 0.1) is 13.2 Å². The Morgan fingerprint density at radius 2 is 1.87 bits per heavy atom. The summed E-state index contributed by atoms with van der Waals surface area (Å²) >= 11 is 0. The standard InChI is InChI=1S/C19H30N2O2/c1-15(2)14-23-18-11-9-16(10-12-18)20-13-19(22)21(3)17-7-5-4-6-8-17/h9-12,15,17,20H,4-8,13-14H2,1-3H3. The lowest BCUT2D eigenvalue weighted by atomic mass is 9.94. The third-order valence-electron chi connectivity index (χ3n) is 4.40. The van der Waals surface area contributed by atoms with E-state index < -0.39 is 0 Å². The van der Waals surface area contributed by atoms with Gasteiger partial charge in [0.15, 0.2) is 0 Å². The Morgan fingerprint density at radius 1 is 1.22 bits per heavy atom. The highest BCUT2D eigenvalue weighted by Gasteiger charge is 2.21. The fourth-order valence-corrected chi connectivity index (χ4v) is 2.91. The van der Waals surface area contributed by atoms with Crippen molar-refractivity contribution in [1.82, 2.24) is 4.90 Å². The maximum Gasteiger partial charge on any atom is 0.241 e. The number of nitrogens with one attached hydrogen (secondary N) is 1. The minimum absolute atomic E-state index is 0.164. The van der Waals surface area contributed by atoms with Crippen LogP contribution in [0.4, 0.5) is 5.69 Å². The molecule has 1 aromatic carbocycles. The second-order valence-electron chi connectivity index (χ2n) is 6.88. The van der Waals surface area contributed by atoms with Gasteiger partial charge in [-0.25, -0.2) is 0 Å². The molecule has 1 amide bonds. The van der Waals surface area contributed by atoms with Gasteiger partial charge in [-0.3, -0.25) is 4.79 Å². The highest BCUT2D eigenvalue weighted by Crippen LogP contribution is 2.22. The molecule has 23 heavy (non-hydrogen) atoms. The number of amides is 1. The first-order chi connectivity index (χ1) is 11.1. The van der Waals surface area contributed by atoms with Crippen LogP contribution in [0.5, 0.6) is 5.75 Å². The lowest BCUT2D eigenvalue weighted by molar-refractivity contribution is -0.130. The van der Waals surface area contributed by atoms with Crippen molar-refractivity contribution in [1.29, 1.82) is 0 Å². The van der Waals surface area contributed by atoms with E-state index >= 15 is 0 Å². The third kappa shape index (κ3) is 5.77. The zero-order chi connectivity index (χ0) is 16.7. The topological polar surface area (TPSA) is 41.6 Å². The molecule has 128 valence electrons. The predicted molar refractivity (Wildman–Crippen MR) is 94.9 cm³/mol. The molecule has 0 spiro atoms. The number of ether oxygens (including phenoxy) is 1. The molecule has 1 aromatic rings. The maximum atomic E-state index is 12.3. The molecule has 4 nitrogen and oxygen atoms in total. The summed E-state index contributed by atoms with van der Waals surface area (Å²) in [5.74, 6) is 1.55. The monoisotopic (exact) mass is 318 g/mol. The van der Waals surface area contributed by atoms with Crippen LogP contribution in [-0.4, -0.2) is 37.0 Å². The zero-order valence-corrected chi connectivity index (χ0v) is 14.7. The summed E-state index contributed by atoms with van der Waals surface area (Å²) in [5, 5.41) is 3.21. The van der Waals surface area contributed by atoms with Crippen molar-refractivity contribution in [2.45, 2.75) is 52.0 Å². The molecule has 0 unspecified atom stereocenters. The molecule has 0 heterocycles. The molecule has 1 saturated carbocycles. The smallest absolute Gasteiger partial charge is 0.241 e. The van der Waals surface area contributed by atoms with Crippen molar-refractivity contribution < 1.29 is 9.53 Å². The van der Waals surface area contributed by atoms with Gasteiger partial charge in [-0.15, -0.1) is 0 Å². The van der Waals surface area contributed by atoms with Gasteiger partial charge in [-0.2, -0.15) is 0 Å². The van der Waals surface area contributed by atoms with Gasteiger partial charge in [-0.1, -0.05) is 33.1 Å². The van der Waals surface area contributed by atoms with Crippen molar-refractivity contribution >= 4 is 11.6 Å². The van der Waals surface area contributed by atoms with Gasteiger partial charge in [-0.05, 0) is 43.0 Å². The van der Waals surface area contributed by atoms with Gasteiger partial charge < -0.3 is 15.0 Å². The van der Waals surface area contributed by atoms with Crippen molar-refractivity contribution in [3.05, 3.63) is 24.3 Å². The summed E-state index contributed by atoms with van der Waals surface area (Å²) in [5.41, 5.74) is 0.951. The van der Waals surface area contributed by atoms with Crippen LogP contribution in [-0.2, 0) is 4.79 Å². The molecule has 1 fully saturated rings. The Balaban J connectivity index is 1.77. The molecular weight excluding hydrogens is 288 g/mol. The number of anilines is 1. The maximum absolute atomic E-state index is 12.3. The van der Waals surface area contributed by atoms with Gasteiger partial charge in [0.25, 0.3) is 0 Å². The lowest BCUT2D eigenvalue weighted by Crippen LogP contribution is -2.41. The largest absolute Gasteiger partial charge is 0.493 e. The summed E-state index contributed by atoms with van der Waals surface area (Å²) in [7, 11) is 1.93. The number of likely N-dealkylation sites (N-methyl/N-ethyl adjacent to an activating group) is 1. The normalized spacial score (nSPS) is 15.5. The number of carbonyl (C=O) groups excluding carboxylic acids is 1. The summed E-state index contributed by atoms with van der Waals surface area (Å²) in [4.78, 5) is 14.2. The van der Waals surface area contributed by atoms with Crippen LogP contribution in [0.25, 0.3) is 0 Å². The quantitative estimate of drug-likeness (QED) is 0.828. The van der Waals surface area contributed by atoms with Crippen LogP contribution in [0.2, 0.25) is 0 Å². The summed E-state index contributed by atoms with van der Waals surface area (Å²) in [6, 6.07) is 8.23. The molecule has 0 saturated heterocycles. The fourth-order valence-electron chi connectivity index (χ4n) is 2.91. The Bertz CT molecular complexity index is 479. The molecule has 0 aliphatic heterocycles. The van der Waals surface area contributed by atoms with E-state index in [4.69, 9.17) is 4.74 Å². The summed E-state index contributed by atoms with van der Waals surface area (Å²) in [6.45, 7) is 5.32. The molecule has 4 heteroatoms. The number of carbonyl (C=O) groups is 1. The predicted octanol–water partition coefficient (Wildman–Crippen LogP) is 3.92. The number of rotatable bonds is 7. The highest BCUT2D eigenvalue weighted by atomic mass is 16.5. The van der Waals surface area contributed by atoms with Crippen LogP contribution in [0.3, 0.4) is 0 Å². The molecule has 1 N–H and O–H groups in total. The van der Waals surface area contributed by atoms with Gasteiger partial charge in [0.1, 0.15) is 5.75 Å². The lowest BCUT2D eigenvalue weighted by Gasteiger charge is -2.31. The Labute approximate surface area is 140 Å². The molecule has 0 atom stereocenters. The molecule has 0 bridgehead atoms. The third-order valence-corrected chi connectivity index (χ3v) is 4.40. The van der Waals surface area contributed by atoms with Crippen molar-refractivity contribution in [3.8, 4) is 5.75 Å². The summed E-state index contributed by atoms with van der Waals surface area (Å²) < 4.78 is 5.66. The Hall–Kier alpha value is -1.71. The van der Waals surface area contributed by atoms with Crippen LogP contribution in [0.1, 0.15) is 46.0 Å². The van der Waals surface area contributed by atoms with Crippen LogP contribution in [0, 0.1) is 5.92 Å². The van der Waals surface area contributed by atoms with Crippen LogP contribution < -0.4 is 10.1 Å². The fraction of sp³-hybridized carbons (Fsp3) is 0.632. The van der Waals surface area contributed by atoms with Crippen molar-refractivity contribution in [3.63, 3.8) is 0 Å². The number of hydrogen-bond acceptors (Lipinski definition) is 3. The molecule has 1 aliphatic carbocycles. The zero-order valence-electron chi connectivity index (χ0n) is 14.7. The number of hydrogen-bond donors (Lipinski definition) is 1. The molecule has 0 aromatic heterocycles. The van der Waals surface area contributed by atoms with E-state index in [1.165, 1.54) is 19.3 Å². The first-order valence-corrected chi connectivity index (χ1v) is 8.78. The van der Waals surface area contributed by atoms with E-state index in [0.717, 1.165) is 30.9 Å². The number of benzene rings is 1. The van der Waals surface area contributed by atoms with Crippen LogP contribution in [0.15, 0.2) is 24.3 Å². The van der Waals surface area contributed by atoms with E-state index in [-0.39, 0.29) is 5.91 Å². The average molecular weight is 318 g/mol. The van der Waals surface area contributed by atoms with Crippen molar-refractivity contribution in [2.24, 2.45) is 5.92 Å². The van der Waals surface area contributed by atoms with Gasteiger partial charge >= 0.3 is 0 Å². The Morgan fingerprint density at radius 3 is 2.48 bits per heavy atom. The van der Waals surface area contributed by atoms with E-state index in [0.29, 0.717) is 18.5 Å². The second kappa shape index (κ2) is 8.80. The minimum atomic E-state index is 0.164. The molecule has 2 rings (SSSR count). The van der Waals surface area contributed by atoms with Crippen molar-refractivity contribution in [2.75, 3.05) is 25.5 Å². The molecular formula is C19H30N2O2. The van der Waals surface area contributed by atoms with E-state index in [9.17, 15) is 4.79 Å². The van der Waals surface area contributed by atoms with E-state index in [1.54, 1.807) is 0 Å². The van der Waals surface area contributed by atoms with Gasteiger partial charge in [0, 0.05) is 18.8 Å². The molecule has 0 radical (unpaired) electrons. The summed E-state index contributed by atoms with van der Waals surface area (Å²) in [6.07, 6.45) is 6.08. The molecule has 1 aliphatic rings. The Kier molecular flexibility index (Phi) is 6.75.